The summed E-state index contributed by atoms with van der Waals surface area (Å²) in [4.78, 5) is 29.0. The number of rotatable bonds is 13. The van der Waals surface area contributed by atoms with Gasteiger partial charge in [-0.05, 0) is 96.5 Å². The maximum absolute atomic E-state index is 14.1. The highest BCUT2D eigenvalue weighted by Gasteiger charge is 2.34. The molecule has 3 rings (SSSR count). The van der Waals surface area contributed by atoms with Gasteiger partial charge in [-0.15, -0.1) is 0 Å². The van der Waals surface area contributed by atoms with Crippen molar-refractivity contribution in [2.45, 2.75) is 57.1 Å². The zero-order valence-corrected chi connectivity index (χ0v) is 26.2. The van der Waals surface area contributed by atoms with Gasteiger partial charge in [0.15, 0.2) is 0 Å². The van der Waals surface area contributed by atoms with Crippen molar-refractivity contribution in [3.05, 3.63) is 88.0 Å². The van der Waals surface area contributed by atoms with Crippen molar-refractivity contribution in [3.8, 4) is 5.75 Å². The van der Waals surface area contributed by atoms with Gasteiger partial charge in [0.05, 0.1) is 17.7 Å². The Kier molecular flexibility index (Phi) is 11.4. The number of carbonyl (C=O) groups excluding carboxylic acids is 2. The quantitative estimate of drug-likeness (QED) is 0.251. The van der Waals surface area contributed by atoms with E-state index < -0.39 is 28.5 Å². The van der Waals surface area contributed by atoms with E-state index in [-0.39, 0.29) is 23.4 Å². The molecule has 0 aliphatic heterocycles. The molecule has 2 atom stereocenters. The predicted molar refractivity (Wildman–Crippen MR) is 166 cm³/mol. The molecule has 2 amide bonds. The number of methoxy groups -OCH3 is 1. The molecule has 0 saturated heterocycles. The van der Waals surface area contributed by atoms with Crippen LogP contribution in [0.1, 0.15) is 39.2 Å². The Morgan fingerprint density at radius 2 is 1.62 bits per heavy atom. The maximum Gasteiger partial charge on any atom is 0.264 e. The van der Waals surface area contributed by atoms with E-state index in [4.69, 9.17) is 4.74 Å². The Morgan fingerprint density at radius 1 is 0.950 bits per heavy atom. The summed E-state index contributed by atoms with van der Waals surface area (Å²) in [5, 5.41) is 2.98. The van der Waals surface area contributed by atoms with Crippen molar-refractivity contribution in [1.82, 2.24) is 10.2 Å². The molecule has 3 aromatic carbocycles. The molecule has 1 N–H and O–H groups in total. The first-order valence-electron chi connectivity index (χ1n) is 13.2. The van der Waals surface area contributed by atoms with Gasteiger partial charge in [-0.25, -0.2) is 8.42 Å². The molecule has 0 aromatic heterocycles. The third-order valence-electron chi connectivity index (χ3n) is 6.60. The van der Waals surface area contributed by atoms with Crippen molar-refractivity contribution < 1.29 is 22.7 Å². The molecule has 0 radical (unpaired) electrons. The molecular formula is C30H36IN3O5S. The van der Waals surface area contributed by atoms with E-state index in [0.29, 0.717) is 17.9 Å². The number of anilines is 1. The average Bonchev–Trinajstić information content (AvgIpc) is 2.96. The van der Waals surface area contributed by atoms with Gasteiger partial charge in [-0.1, -0.05) is 44.2 Å². The molecule has 3 aromatic rings. The van der Waals surface area contributed by atoms with Gasteiger partial charge >= 0.3 is 0 Å². The Hall–Kier alpha value is -3.12. The number of hydrogen-bond acceptors (Lipinski definition) is 5. The summed E-state index contributed by atoms with van der Waals surface area (Å²) in [5.74, 6) is -0.152. The van der Waals surface area contributed by atoms with Crippen LogP contribution in [0.5, 0.6) is 5.75 Å². The van der Waals surface area contributed by atoms with Crippen molar-refractivity contribution >= 4 is 50.1 Å². The highest BCUT2D eigenvalue weighted by molar-refractivity contribution is 14.1. The smallest absolute Gasteiger partial charge is 0.264 e. The van der Waals surface area contributed by atoms with Gasteiger partial charge < -0.3 is 15.0 Å². The van der Waals surface area contributed by atoms with Gasteiger partial charge in [0.1, 0.15) is 18.3 Å². The summed E-state index contributed by atoms with van der Waals surface area (Å²) in [7, 11) is -2.53. The van der Waals surface area contributed by atoms with Gasteiger partial charge in [0.2, 0.25) is 11.8 Å². The maximum atomic E-state index is 14.1. The Labute approximate surface area is 250 Å². The first-order chi connectivity index (χ1) is 19.1. The Morgan fingerprint density at radius 3 is 2.23 bits per heavy atom. The lowest BCUT2D eigenvalue weighted by Gasteiger charge is -2.33. The normalized spacial score (nSPS) is 12.7. The number of benzene rings is 3. The molecule has 0 saturated carbocycles. The van der Waals surface area contributed by atoms with Crippen LogP contribution in [0.4, 0.5) is 5.69 Å². The van der Waals surface area contributed by atoms with E-state index in [1.807, 2.05) is 32.9 Å². The number of amides is 2. The summed E-state index contributed by atoms with van der Waals surface area (Å²) in [5.41, 5.74) is 1.12. The summed E-state index contributed by atoms with van der Waals surface area (Å²) >= 11 is 2.14. The molecule has 0 fully saturated rings. The van der Waals surface area contributed by atoms with Crippen LogP contribution in [0.2, 0.25) is 0 Å². The second kappa shape index (κ2) is 14.5. The van der Waals surface area contributed by atoms with Crippen LogP contribution < -0.4 is 14.4 Å². The van der Waals surface area contributed by atoms with Gasteiger partial charge in [-0.3, -0.25) is 13.9 Å². The van der Waals surface area contributed by atoms with Gasteiger partial charge in [-0.2, -0.15) is 0 Å². The SMILES string of the molecule is CCC(C)NC(=O)C(CC)N(Cc1cccc(OC)c1)C(=O)CN(c1ccc(I)cc1)S(=O)(=O)c1ccccc1. The van der Waals surface area contributed by atoms with Crippen LogP contribution in [-0.4, -0.2) is 50.9 Å². The van der Waals surface area contributed by atoms with Crippen LogP contribution in [0.25, 0.3) is 0 Å². The molecular weight excluding hydrogens is 641 g/mol. The van der Waals surface area contributed by atoms with E-state index in [1.165, 1.54) is 17.0 Å². The summed E-state index contributed by atoms with van der Waals surface area (Å²) < 4.78 is 35.1. The predicted octanol–water partition coefficient (Wildman–Crippen LogP) is 5.22. The average molecular weight is 678 g/mol. The molecule has 0 aliphatic rings. The molecule has 10 heteroatoms. The van der Waals surface area contributed by atoms with Crippen LogP contribution in [0.3, 0.4) is 0 Å². The number of sulfonamides is 1. The minimum absolute atomic E-state index is 0.0715. The first-order valence-corrected chi connectivity index (χ1v) is 15.7. The van der Waals surface area contributed by atoms with Crippen LogP contribution in [-0.2, 0) is 26.2 Å². The van der Waals surface area contributed by atoms with E-state index in [1.54, 1.807) is 61.7 Å². The summed E-state index contributed by atoms with van der Waals surface area (Å²) in [6, 6.07) is 21.3. The third kappa shape index (κ3) is 7.97. The molecule has 8 nitrogen and oxygen atoms in total. The van der Waals surface area contributed by atoms with Crippen molar-refractivity contribution in [1.29, 1.82) is 0 Å². The lowest BCUT2D eigenvalue weighted by Crippen LogP contribution is -2.53. The Balaban J connectivity index is 2.05. The fourth-order valence-corrected chi connectivity index (χ4v) is 5.98. The largest absolute Gasteiger partial charge is 0.497 e. The minimum atomic E-state index is -4.09. The molecule has 0 aliphatic carbocycles. The number of nitrogens with zero attached hydrogens (tertiary/aromatic N) is 2. The second-order valence-electron chi connectivity index (χ2n) is 9.42. The fraction of sp³-hybridized carbons (Fsp3) is 0.333. The van der Waals surface area contributed by atoms with Crippen molar-refractivity contribution in [3.63, 3.8) is 0 Å². The number of ether oxygens (including phenoxy) is 1. The Bertz CT molecular complexity index is 1380. The summed E-state index contributed by atoms with van der Waals surface area (Å²) in [6.07, 6.45) is 1.09. The molecule has 214 valence electrons. The van der Waals surface area contributed by atoms with Crippen molar-refractivity contribution in [2.24, 2.45) is 0 Å². The number of hydrogen-bond donors (Lipinski definition) is 1. The monoisotopic (exact) mass is 677 g/mol. The molecule has 2 unspecified atom stereocenters. The number of halogens is 1. The fourth-order valence-electron chi connectivity index (χ4n) is 4.18. The molecule has 0 heterocycles. The van der Waals surface area contributed by atoms with Gasteiger partial charge in [0, 0.05) is 16.2 Å². The lowest BCUT2D eigenvalue weighted by atomic mass is 10.1. The molecule has 0 spiro atoms. The summed E-state index contributed by atoms with van der Waals surface area (Å²) in [6.45, 7) is 5.34. The number of carbonyl (C=O) groups is 2. The number of nitrogens with one attached hydrogen (secondary N) is 1. The van der Waals surface area contributed by atoms with Gasteiger partial charge in [0.25, 0.3) is 10.0 Å². The highest BCUT2D eigenvalue weighted by atomic mass is 127. The van der Waals surface area contributed by atoms with E-state index in [9.17, 15) is 18.0 Å². The van der Waals surface area contributed by atoms with Crippen molar-refractivity contribution in [2.75, 3.05) is 18.0 Å². The third-order valence-corrected chi connectivity index (χ3v) is 9.11. The van der Waals surface area contributed by atoms with Crippen LogP contribution in [0, 0.1) is 3.57 Å². The topological polar surface area (TPSA) is 96.0 Å². The second-order valence-corrected chi connectivity index (χ2v) is 12.5. The molecule has 0 bridgehead atoms. The van der Waals surface area contributed by atoms with Crippen LogP contribution >= 0.6 is 22.6 Å². The van der Waals surface area contributed by atoms with E-state index >= 15 is 0 Å². The standard InChI is InChI=1S/C30H36IN3O5S/c1-5-22(3)32-30(36)28(6-2)33(20-23-11-10-12-26(19-23)39-4)29(35)21-34(25-17-15-24(31)16-18-25)40(37,38)27-13-8-7-9-14-27/h7-19,22,28H,5-6,20-21H2,1-4H3,(H,32,36). The zero-order chi connectivity index (χ0) is 29.3. The van der Waals surface area contributed by atoms with E-state index in [0.717, 1.165) is 19.9 Å². The minimum Gasteiger partial charge on any atom is -0.497 e. The van der Waals surface area contributed by atoms with E-state index in [2.05, 4.69) is 27.9 Å². The first kappa shape index (κ1) is 31.4. The molecule has 40 heavy (non-hydrogen) atoms. The zero-order valence-electron chi connectivity index (χ0n) is 23.2. The van der Waals surface area contributed by atoms with Crippen LogP contribution in [0.15, 0.2) is 83.8 Å². The highest BCUT2D eigenvalue weighted by Crippen LogP contribution is 2.26. The lowest BCUT2D eigenvalue weighted by molar-refractivity contribution is -0.140.